The van der Waals surface area contributed by atoms with Crippen LogP contribution in [0.4, 0.5) is 16.2 Å². The highest BCUT2D eigenvalue weighted by Crippen LogP contribution is 2.35. The van der Waals surface area contributed by atoms with E-state index in [0.717, 1.165) is 5.69 Å². The number of halogens is 3. The molecule has 0 atom stereocenters. The van der Waals surface area contributed by atoms with Crippen molar-refractivity contribution in [1.29, 1.82) is 0 Å². The molecule has 4 rings (SSSR count). The number of pyridine rings is 1. The smallest absolute Gasteiger partial charge is 0.319 e. The molecule has 2 aromatic heterocycles. The third-order valence-corrected chi connectivity index (χ3v) is 6.36. The molecule has 12 heteroatoms. The summed E-state index contributed by atoms with van der Waals surface area (Å²) in [5, 5.41) is 5.88. The lowest BCUT2D eigenvalue weighted by Crippen LogP contribution is -2.40. The Labute approximate surface area is 236 Å². The number of imidazole rings is 1. The minimum absolute atomic E-state index is 0. The number of hydrogen-bond acceptors (Lipinski definition) is 5. The molecule has 0 spiro atoms. The summed E-state index contributed by atoms with van der Waals surface area (Å²) in [4.78, 5) is 30.9. The molecule has 3 amide bonds. The Morgan fingerprint density at radius 3 is 2.55 bits per heavy atom. The zero-order valence-electron chi connectivity index (χ0n) is 20.8. The van der Waals surface area contributed by atoms with Gasteiger partial charge < -0.3 is 29.4 Å². The summed E-state index contributed by atoms with van der Waals surface area (Å²) in [7, 11) is 3.13. The van der Waals surface area contributed by atoms with Crippen molar-refractivity contribution in [1.82, 2.24) is 14.7 Å². The fraction of sp³-hybridized carbons (Fsp3) is 0.192. The maximum absolute atomic E-state index is 12.8. The minimum atomic E-state index is -0.522. The molecule has 0 bridgehead atoms. The van der Waals surface area contributed by atoms with Crippen LogP contribution in [0.1, 0.15) is 11.3 Å². The molecular formula is C26H26Cl3N5O4. The first-order chi connectivity index (χ1) is 17.8. The predicted molar refractivity (Wildman–Crippen MR) is 151 cm³/mol. The first-order valence-electron chi connectivity index (χ1n) is 11.3. The van der Waals surface area contributed by atoms with E-state index < -0.39 is 6.03 Å². The molecule has 200 valence electrons. The topological polar surface area (TPSA) is 97.2 Å². The monoisotopic (exact) mass is 577 g/mol. The van der Waals surface area contributed by atoms with Crippen LogP contribution < -0.4 is 25.0 Å². The standard InChI is InChI=1S/C26H25Cl2N5O4.ClH/c1-16-14-33-12-4-5-22(25(33)30-16)37-15-19-20(27)10-11-21(24(19)28)32(2)23(34)13-29-26(35)31-17-6-8-18(36-3)9-7-17;/h4-12,14H,13,15H2,1-3H3,(H2,29,31,35);1H. The van der Waals surface area contributed by atoms with Crippen molar-refractivity contribution in [2.24, 2.45) is 0 Å². The Morgan fingerprint density at radius 2 is 1.84 bits per heavy atom. The van der Waals surface area contributed by atoms with E-state index in [-0.39, 0.29) is 36.5 Å². The lowest BCUT2D eigenvalue weighted by Gasteiger charge is -2.21. The number of aromatic nitrogens is 2. The average molecular weight is 579 g/mol. The van der Waals surface area contributed by atoms with E-state index in [0.29, 0.717) is 39.1 Å². The van der Waals surface area contributed by atoms with Crippen LogP contribution in [-0.4, -0.2) is 42.0 Å². The summed E-state index contributed by atoms with van der Waals surface area (Å²) in [6.45, 7) is 1.73. The zero-order valence-corrected chi connectivity index (χ0v) is 23.2. The highest BCUT2D eigenvalue weighted by atomic mass is 35.5. The number of likely N-dealkylation sites (N-methyl/N-ethyl adjacent to an activating group) is 1. The van der Waals surface area contributed by atoms with E-state index in [2.05, 4.69) is 15.6 Å². The molecule has 9 nitrogen and oxygen atoms in total. The van der Waals surface area contributed by atoms with E-state index >= 15 is 0 Å². The van der Waals surface area contributed by atoms with Gasteiger partial charge in [0, 0.05) is 35.7 Å². The molecular weight excluding hydrogens is 553 g/mol. The fourth-order valence-corrected chi connectivity index (χ4v) is 4.21. The van der Waals surface area contributed by atoms with Gasteiger partial charge in [0.2, 0.25) is 5.91 Å². The van der Waals surface area contributed by atoms with E-state index in [1.54, 1.807) is 50.6 Å². The second-order valence-corrected chi connectivity index (χ2v) is 8.91. The van der Waals surface area contributed by atoms with Gasteiger partial charge >= 0.3 is 6.03 Å². The van der Waals surface area contributed by atoms with E-state index in [1.807, 2.05) is 35.9 Å². The Morgan fingerprint density at radius 1 is 1.11 bits per heavy atom. The van der Waals surface area contributed by atoms with Crippen LogP contribution >= 0.6 is 35.6 Å². The number of aryl methyl sites for hydroxylation is 1. The lowest BCUT2D eigenvalue weighted by molar-refractivity contribution is -0.117. The van der Waals surface area contributed by atoms with Gasteiger partial charge in [-0.3, -0.25) is 4.79 Å². The van der Waals surface area contributed by atoms with Crippen molar-refractivity contribution in [3.8, 4) is 11.5 Å². The van der Waals surface area contributed by atoms with E-state index in [9.17, 15) is 9.59 Å². The molecule has 0 unspecified atom stereocenters. The second kappa shape index (κ2) is 12.7. The first-order valence-corrected chi connectivity index (χ1v) is 12.0. The average Bonchev–Trinajstić information content (AvgIpc) is 3.28. The number of nitrogens with one attached hydrogen (secondary N) is 2. The van der Waals surface area contributed by atoms with Crippen molar-refractivity contribution in [3.63, 3.8) is 0 Å². The summed E-state index contributed by atoms with van der Waals surface area (Å²) < 4.78 is 13.0. The summed E-state index contributed by atoms with van der Waals surface area (Å²) in [6, 6.07) is 13.3. The maximum atomic E-state index is 12.8. The molecule has 0 saturated carbocycles. The molecule has 2 N–H and O–H groups in total. The number of nitrogens with zero attached hydrogens (tertiary/aromatic N) is 3. The van der Waals surface area contributed by atoms with Crippen LogP contribution in [0, 0.1) is 6.92 Å². The van der Waals surface area contributed by atoms with Crippen molar-refractivity contribution < 1.29 is 19.1 Å². The van der Waals surface area contributed by atoms with Crippen molar-refractivity contribution in [2.75, 3.05) is 30.9 Å². The van der Waals surface area contributed by atoms with Gasteiger partial charge in [0.05, 0.1) is 30.1 Å². The number of hydrogen-bond donors (Lipinski definition) is 2. The summed E-state index contributed by atoms with van der Waals surface area (Å²) in [5.41, 5.74) is 3.05. The minimum Gasteiger partial charge on any atom is -0.497 e. The zero-order chi connectivity index (χ0) is 26.5. The third-order valence-electron chi connectivity index (χ3n) is 5.59. The first kappa shape index (κ1) is 28.9. The largest absolute Gasteiger partial charge is 0.497 e. The summed E-state index contributed by atoms with van der Waals surface area (Å²) in [6.07, 6.45) is 3.78. The quantitative estimate of drug-likeness (QED) is 0.278. The van der Waals surface area contributed by atoms with Crippen LogP contribution in [0.5, 0.6) is 11.5 Å². The SMILES string of the molecule is COc1ccc(NC(=O)NCC(=O)N(C)c2ccc(Cl)c(COc3cccn4cc(C)nc34)c2Cl)cc1.Cl. The molecule has 0 saturated heterocycles. The van der Waals surface area contributed by atoms with Crippen LogP contribution in [0.25, 0.3) is 5.65 Å². The molecule has 4 aromatic rings. The number of fused-ring (bicyclic) bond motifs is 1. The molecule has 2 heterocycles. The molecule has 2 aromatic carbocycles. The van der Waals surface area contributed by atoms with Crippen LogP contribution in [0.15, 0.2) is 60.9 Å². The number of methoxy groups -OCH3 is 1. The molecule has 0 aliphatic heterocycles. The number of amides is 3. The number of carbonyl (C=O) groups is 2. The second-order valence-electron chi connectivity index (χ2n) is 8.12. The van der Waals surface area contributed by atoms with Gasteiger partial charge in [0.25, 0.3) is 0 Å². The molecule has 0 radical (unpaired) electrons. The number of urea groups is 1. The fourth-order valence-electron chi connectivity index (χ4n) is 3.61. The molecule has 38 heavy (non-hydrogen) atoms. The van der Waals surface area contributed by atoms with Crippen LogP contribution in [0.3, 0.4) is 0 Å². The van der Waals surface area contributed by atoms with Gasteiger partial charge in [-0.15, -0.1) is 12.4 Å². The molecule has 0 fully saturated rings. The third kappa shape index (κ3) is 6.61. The Hall–Kier alpha value is -3.66. The number of ether oxygens (including phenoxy) is 2. The summed E-state index contributed by atoms with van der Waals surface area (Å²) >= 11 is 13.1. The number of carbonyl (C=O) groups excluding carboxylic acids is 2. The number of rotatable bonds is 8. The van der Waals surface area contributed by atoms with Gasteiger partial charge in [-0.25, -0.2) is 9.78 Å². The lowest BCUT2D eigenvalue weighted by atomic mass is 10.2. The van der Waals surface area contributed by atoms with Gasteiger partial charge in [0.15, 0.2) is 11.4 Å². The molecule has 0 aliphatic carbocycles. The van der Waals surface area contributed by atoms with Crippen molar-refractivity contribution >= 4 is 64.6 Å². The summed E-state index contributed by atoms with van der Waals surface area (Å²) in [5.74, 6) is 0.865. The van der Waals surface area contributed by atoms with Gasteiger partial charge in [-0.2, -0.15) is 0 Å². The van der Waals surface area contributed by atoms with Gasteiger partial charge in [0.1, 0.15) is 12.4 Å². The predicted octanol–water partition coefficient (Wildman–Crippen LogP) is 5.74. The highest BCUT2D eigenvalue weighted by molar-refractivity contribution is 6.38. The van der Waals surface area contributed by atoms with E-state index in [1.165, 1.54) is 4.90 Å². The Balaban J connectivity index is 0.00000400. The van der Waals surface area contributed by atoms with Crippen LogP contribution in [-0.2, 0) is 11.4 Å². The Kier molecular flexibility index (Phi) is 9.68. The van der Waals surface area contributed by atoms with Gasteiger partial charge in [-0.05, 0) is 55.5 Å². The normalized spacial score (nSPS) is 10.4. The number of anilines is 2. The van der Waals surface area contributed by atoms with Gasteiger partial charge in [-0.1, -0.05) is 23.2 Å². The van der Waals surface area contributed by atoms with E-state index in [4.69, 9.17) is 32.7 Å². The van der Waals surface area contributed by atoms with Crippen molar-refractivity contribution in [2.45, 2.75) is 13.5 Å². The molecule has 0 aliphatic rings. The maximum Gasteiger partial charge on any atom is 0.319 e. The highest BCUT2D eigenvalue weighted by Gasteiger charge is 2.19. The Bertz CT molecular complexity index is 1440. The van der Waals surface area contributed by atoms with Crippen LogP contribution in [0.2, 0.25) is 10.0 Å². The number of benzene rings is 2. The van der Waals surface area contributed by atoms with Crippen molar-refractivity contribution in [3.05, 3.63) is 82.2 Å².